The summed E-state index contributed by atoms with van der Waals surface area (Å²) in [7, 11) is 1.89. The first-order chi connectivity index (χ1) is 9.10. The molecular weight excluding hydrogens is 265 g/mol. The van der Waals surface area contributed by atoms with Gasteiger partial charge in [-0.2, -0.15) is 0 Å². The highest BCUT2D eigenvalue weighted by Gasteiger charge is 2.07. The van der Waals surface area contributed by atoms with Crippen LogP contribution in [-0.4, -0.2) is 12.0 Å². The molecule has 2 aromatic rings. The van der Waals surface area contributed by atoms with E-state index < -0.39 is 0 Å². The molecule has 0 aliphatic carbocycles. The Hall–Kier alpha value is -1.65. The molecule has 0 unspecified atom stereocenters. The molecule has 0 fully saturated rings. The van der Waals surface area contributed by atoms with Gasteiger partial charge in [-0.15, -0.1) is 0 Å². The summed E-state index contributed by atoms with van der Waals surface area (Å²) >= 11 is 5.97. The van der Waals surface area contributed by atoms with Gasteiger partial charge in [0.2, 0.25) is 0 Å². The maximum atomic E-state index is 13.1. The lowest BCUT2D eigenvalue weighted by molar-refractivity contribution is 0.625. The molecule has 0 atom stereocenters. The van der Waals surface area contributed by atoms with Crippen LogP contribution in [0.2, 0.25) is 5.02 Å². The first kappa shape index (κ1) is 13.8. The van der Waals surface area contributed by atoms with Crippen LogP contribution in [0.15, 0.2) is 36.4 Å². The lowest BCUT2D eigenvalue weighted by Gasteiger charge is -2.19. The van der Waals surface area contributed by atoms with Crippen molar-refractivity contribution in [3.05, 3.63) is 58.5 Å². The fraction of sp³-hybridized carbons (Fsp3) is 0.214. The van der Waals surface area contributed by atoms with Crippen molar-refractivity contribution in [3.8, 4) is 0 Å². The number of hydrogen-bond acceptors (Lipinski definition) is 3. The van der Waals surface area contributed by atoms with Crippen molar-refractivity contribution in [3.63, 3.8) is 0 Å². The van der Waals surface area contributed by atoms with Crippen molar-refractivity contribution in [2.24, 2.45) is 5.73 Å². The van der Waals surface area contributed by atoms with Crippen LogP contribution in [-0.2, 0) is 13.1 Å². The summed E-state index contributed by atoms with van der Waals surface area (Å²) in [6, 6.07) is 10.1. The number of aromatic nitrogens is 1. The van der Waals surface area contributed by atoms with Crippen LogP contribution >= 0.6 is 11.6 Å². The molecule has 0 saturated carbocycles. The highest BCUT2D eigenvalue weighted by Crippen LogP contribution is 2.19. The maximum absolute atomic E-state index is 13.1. The van der Waals surface area contributed by atoms with E-state index in [1.54, 1.807) is 12.1 Å². The molecule has 2 N–H and O–H groups in total. The Labute approximate surface area is 116 Å². The SMILES string of the molecule is CN(Cc1cccc(F)c1)c1ccc(Cl)c(CN)n1. The zero-order valence-electron chi connectivity index (χ0n) is 10.6. The first-order valence-corrected chi connectivity index (χ1v) is 6.29. The number of benzene rings is 1. The lowest BCUT2D eigenvalue weighted by Crippen LogP contribution is -2.18. The van der Waals surface area contributed by atoms with E-state index in [2.05, 4.69) is 4.98 Å². The Morgan fingerprint density at radius 1 is 1.32 bits per heavy atom. The summed E-state index contributed by atoms with van der Waals surface area (Å²) < 4.78 is 13.1. The molecule has 0 aliphatic rings. The summed E-state index contributed by atoms with van der Waals surface area (Å²) in [4.78, 5) is 6.31. The molecule has 0 bridgehead atoms. The van der Waals surface area contributed by atoms with Gasteiger partial charge in [0.15, 0.2) is 0 Å². The Bertz CT molecular complexity index is 574. The molecule has 0 saturated heterocycles. The van der Waals surface area contributed by atoms with Crippen LogP contribution in [0.3, 0.4) is 0 Å². The molecule has 5 heteroatoms. The van der Waals surface area contributed by atoms with Crippen molar-refractivity contribution >= 4 is 17.4 Å². The van der Waals surface area contributed by atoms with Gasteiger partial charge in [0, 0.05) is 20.1 Å². The van der Waals surface area contributed by atoms with Crippen LogP contribution < -0.4 is 10.6 Å². The van der Waals surface area contributed by atoms with Crippen LogP contribution in [0.1, 0.15) is 11.3 Å². The van der Waals surface area contributed by atoms with E-state index in [0.717, 1.165) is 11.4 Å². The third kappa shape index (κ3) is 3.43. The van der Waals surface area contributed by atoms with E-state index >= 15 is 0 Å². The van der Waals surface area contributed by atoms with Gasteiger partial charge < -0.3 is 10.6 Å². The minimum absolute atomic E-state index is 0.238. The second kappa shape index (κ2) is 5.99. The van der Waals surface area contributed by atoms with E-state index in [0.29, 0.717) is 23.8 Å². The Morgan fingerprint density at radius 3 is 2.79 bits per heavy atom. The average molecular weight is 280 g/mol. The molecule has 0 radical (unpaired) electrons. The van der Waals surface area contributed by atoms with Crippen LogP contribution in [0, 0.1) is 5.82 Å². The van der Waals surface area contributed by atoms with E-state index in [9.17, 15) is 4.39 Å². The number of halogens is 2. The monoisotopic (exact) mass is 279 g/mol. The van der Waals surface area contributed by atoms with Gasteiger partial charge in [0.05, 0.1) is 10.7 Å². The van der Waals surface area contributed by atoms with Gasteiger partial charge in [-0.25, -0.2) is 9.37 Å². The van der Waals surface area contributed by atoms with Crippen LogP contribution in [0.5, 0.6) is 0 Å². The number of anilines is 1. The minimum atomic E-state index is -0.238. The van der Waals surface area contributed by atoms with Gasteiger partial charge in [0.1, 0.15) is 11.6 Å². The highest BCUT2D eigenvalue weighted by atomic mass is 35.5. The molecule has 1 heterocycles. The molecule has 1 aromatic heterocycles. The Morgan fingerprint density at radius 2 is 2.11 bits per heavy atom. The number of nitrogens with two attached hydrogens (primary N) is 1. The van der Waals surface area contributed by atoms with E-state index in [1.165, 1.54) is 12.1 Å². The summed E-state index contributed by atoms with van der Waals surface area (Å²) in [5.74, 6) is 0.520. The minimum Gasteiger partial charge on any atom is -0.355 e. The number of rotatable bonds is 4. The molecule has 19 heavy (non-hydrogen) atoms. The van der Waals surface area contributed by atoms with Gasteiger partial charge >= 0.3 is 0 Å². The number of hydrogen-bond donors (Lipinski definition) is 1. The average Bonchev–Trinajstić information content (AvgIpc) is 2.39. The van der Waals surface area contributed by atoms with Crippen molar-refractivity contribution in [2.75, 3.05) is 11.9 Å². The summed E-state index contributed by atoms with van der Waals surface area (Å²) in [5, 5.41) is 0.561. The third-order valence-electron chi connectivity index (χ3n) is 2.80. The smallest absolute Gasteiger partial charge is 0.129 e. The lowest BCUT2D eigenvalue weighted by atomic mass is 10.2. The standard InChI is InChI=1S/C14H15ClFN3/c1-19(9-10-3-2-4-11(16)7-10)14-6-5-12(15)13(8-17)18-14/h2-7H,8-9,17H2,1H3. The fourth-order valence-electron chi connectivity index (χ4n) is 1.82. The van der Waals surface area contributed by atoms with Crippen molar-refractivity contribution in [1.82, 2.24) is 4.98 Å². The first-order valence-electron chi connectivity index (χ1n) is 5.91. The third-order valence-corrected chi connectivity index (χ3v) is 3.14. The van der Waals surface area contributed by atoms with Gasteiger partial charge in [-0.1, -0.05) is 23.7 Å². The predicted molar refractivity (Wildman–Crippen MR) is 75.6 cm³/mol. The van der Waals surface area contributed by atoms with Gasteiger partial charge in [-0.3, -0.25) is 0 Å². The topological polar surface area (TPSA) is 42.1 Å². The van der Waals surface area contributed by atoms with Gasteiger partial charge in [0.25, 0.3) is 0 Å². The van der Waals surface area contributed by atoms with Crippen LogP contribution in [0.4, 0.5) is 10.2 Å². The number of pyridine rings is 1. The Kier molecular flexibility index (Phi) is 4.35. The normalized spacial score (nSPS) is 10.5. The molecule has 0 amide bonds. The summed E-state index contributed by atoms with van der Waals surface area (Å²) in [5.41, 5.74) is 7.12. The van der Waals surface area contributed by atoms with Crippen molar-refractivity contribution in [2.45, 2.75) is 13.1 Å². The zero-order valence-corrected chi connectivity index (χ0v) is 11.4. The molecule has 3 nitrogen and oxygen atoms in total. The Balaban J connectivity index is 2.18. The fourth-order valence-corrected chi connectivity index (χ4v) is 2.00. The maximum Gasteiger partial charge on any atom is 0.129 e. The van der Waals surface area contributed by atoms with Crippen molar-refractivity contribution in [1.29, 1.82) is 0 Å². The highest BCUT2D eigenvalue weighted by molar-refractivity contribution is 6.31. The number of nitrogens with zero attached hydrogens (tertiary/aromatic N) is 2. The van der Waals surface area contributed by atoms with E-state index in [1.807, 2.05) is 24.1 Å². The molecular formula is C14H15ClFN3. The second-order valence-corrected chi connectivity index (χ2v) is 4.70. The van der Waals surface area contributed by atoms with Crippen LogP contribution in [0.25, 0.3) is 0 Å². The molecule has 100 valence electrons. The molecule has 0 aliphatic heterocycles. The largest absolute Gasteiger partial charge is 0.355 e. The predicted octanol–water partition coefficient (Wildman–Crippen LogP) is 2.97. The summed E-state index contributed by atoms with van der Waals surface area (Å²) in [6.07, 6.45) is 0. The second-order valence-electron chi connectivity index (χ2n) is 4.29. The molecule has 2 rings (SSSR count). The molecule has 0 spiro atoms. The summed E-state index contributed by atoms with van der Waals surface area (Å²) in [6.45, 7) is 0.858. The van der Waals surface area contributed by atoms with E-state index in [-0.39, 0.29) is 5.82 Å². The quantitative estimate of drug-likeness (QED) is 0.936. The van der Waals surface area contributed by atoms with Crippen molar-refractivity contribution < 1.29 is 4.39 Å². The molecule has 1 aromatic carbocycles. The van der Waals surface area contributed by atoms with Gasteiger partial charge in [-0.05, 0) is 29.8 Å². The zero-order chi connectivity index (χ0) is 13.8. The van der Waals surface area contributed by atoms with E-state index in [4.69, 9.17) is 17.3 Å².